The Balaban J connectivity index is 1.29. The van der Waals surface area contributed by atoms with Gasteiger partial charge in [-0.25, -0.2) is 9.78 Å². The summed E-state index contributed by atoms with van der Waals surface area (Å²) < 4.78 is 22.0. The van der Waals surface area contributed by atoms with Gasteiger partial charge >= 0.3 is 5.97 Å². The molecule has 10 heteroatoms. The summed E-state index contributed by atoms with van der Waals surface area (Å²) in [6.45, 7) is 1.35. The second-order valence-electron chi connectivity index (χ2n) is 7.25. The van der Waals surface area contributed by atoms with Gasteiger partial charge in [-0.2, -0.15) is 0 Å². The maximum Gasteiger partial charge on any atom is 0.338 e. The van der Waals surface area contributed by atoms with Crippen LogP contribution in [0.2, 0.25) is 0 Å². The molecular weight excluding hydrogens is 442 g/mol. The van der Waals surface area contributed by atoms with Crippen molar-refractivity contribution in [2.45, 2.75) is 13.5 Å². The lowest BCUT2D eigenvalue weighted by Crippen LogP contribution is -2.20. The van der Waals surface area contributed by atoms with Crippen LogP contribution in [0.25, 0.3) is 5.65 Å². The van der Waals surface area contributed by atoms with Gasteiger partial charge in [0.05, 0.1) is 18.4 Å². The summed E-state index contributed by atoms with van der Waals surface area (Å²) in [4.78, 5) is 40.7. The number of ether oxygens (including phenoxy) is 3. The van der Waals surface area contributed by atoms with Crippen LogP contribution in [0.15, 0.2) is 70.0 Å². The summed E-state index contributed by atoms with van der Waals surface area (Å²) >= 11 is 0. The highest BCUT2D eigenvalue weighted by Crippen LogP contribution is 2.17. The maximum absolute atomic E-state index is 12.3. The molecule has 1 amide bonds. The summed E-state index contributed by atoms with van der Waals surface area (Å²) in [6.07, 6.45) is 0. The first-order chi connectivity index (χ1) is 16.4. The van der Waals surface area contributed by atoms with Crippen molar-refractivity contribution in [3.8, 4) is 11.5 Å². The molecule has 0 bridgehead atoms. The van der Waals surface area contributed by atoms with E-state index >= 15 is 0 Å². The third kappa shape index (κ3) is 5.41. The highest BCUT2D eigenvalue weighted by molar-refractivity contribution is 5.93. The number of methoxy groups -OCH3 is 1. The third-order valence-corrected chi connectivity index (χ3v) is 4.71. The van der Waals surface area contributed by atoms with Gasteiger partial charge in [0.25, 0.3) is 11.5 Å². The zero-order valence-corrected chi connectivity index (χ0v) is 18.4. The van der Waals surface area contributed by atoms with Crippen LogP contribution in [0.4, 0.5) is 5.69 Å². The molecule has 0 aliphatic rings. The summed E-state index contributed by atoms with van der Waals surface area (Å²) in [6, 6.07) is 15.9. The largest absolute Gasteiger partial charge is 0.497 e. The van der Waals surface area contributed by atoms with Gasteiger partial charge in [0.1, 0.15) is 23.9 Å². The average molecular weight is 463 g/mol. The van der Waals surface area contributed by atoms with E-state index in [0.29, 0.717) is 34.3 Å². The Hall–Kier alpha value is -4.60. The molecular formula is C24H21N3O7. The van der Waals surface area contributed by atoms with Gasteiger partial charge in [0.2, 0.25) is 0 Å². The minimum absolute atomic E-state index is 0.171. The molecule has 0 aliphatic carbocycles. The lowest BCUT2D eigenvalue weighted by molar-refractivity contribution is -0.118. The smallest absolute Gasteiger partial charge is 0.338 e. The molecule has 0 saturated heterocycles. The zero-order valence-electron chi connectivity index (χ0n) is 18.4. The van der Waals surface area contributed by atoms with E-state index in [1.165, 1.54) is 18.2 Å². The second kappa shape index (κ2) is 9.90. The molecule has 2 heterocycles. The van der Waals surface area contributed by atoms with Crippen LogP contribution in [-0.4, -0.2) is 35.2 Å². The van der Waals surface area contributed by atoms with Crippen molar-refractivity contribution in [2.24, 2.45) is 0 Å². The number of aromatic nitrogens is 2. The molecule has 174 valence electrons. The number of nitrogens with zero attached hydrogens (tertiary/aromatic N) is 2. The van der Waals surface area contributed by atoms with Gasteiger partial charge < -0.3 is 24.1 Å². The van der Waals surface area contributed by atoms with Crippen LogP contribution in [0.3, 0.4) is 0 Å². The lowest BCUT2D eigenvalue weighted by atomic mass is 10.2. The molecule has 0 unspecified atom stereocenters. The third-order valence-electron chi connectivity index (χ3n) is 4.71. The number of carbonyl (C=O) groups is 2. The van der Waals surface area contributed by atoms with E-state index in [9.17, 15) is 14.4 Å². The van der Waals surface area contributed by atoms with Crippen molar-refractivity contribution >= 4 is 23.2 Å². The fraction of sp³-hybridized carbons (Fsp3) is 0.167. The van der Waals surface area contributed by atoms with Crippen LogP contribution in [0.5, 0.6) is 11.5 Å². The van der Waals surface area contributed by atoms with Gasteiger partial charge in [0.15, 0.2) is 12.3 Å². The number of hydrogen-bond donors (Lipinski definition) is 1. The van der Waals surface area contributed by atoms with E-state index in [1.54, 1.807) is 56.5 Å². The predicted octanol–water partition coefficient (Wildman–Crippen LogP) is 2.98. The predicted molar refractivity (Wildman–Crippen MR) is 121 cm³/mol. The van der Waals surface area contributed by atoms with Crippen molar-refractivity contribution in [1.29, 1.82) is 0 Å². The molecule has 0 aliphatic heterocycles. The van der Waals surface area contributed by atoms with Gasteiger partial charge in [-0.1, -0.05) is 0 Å². The molecule has 0 fully saturated rings. The Morgan fingerprint density at radius 2 is 1.74 bits per heavy atom. The fourth-order valence-corrected chi connectivity index (χ4v) is 3.08. The van der Waals surface area contributed by atoms with E-state index in [0.717, 1.165) is 4.57 Å². The molecule has 10 nitrogen and oxygen atoms in total. The summed E-state index contributed by atoms with van der Waals surface area (Å²) in [5, 5.41) is 2.69. The summed E-state index contributed by atoms with van der Waals surface area (Å²) in [5.74, 6) is 0.820. The zero-order chi connectivity index (χ0) is 24.1. The second-order valence-corrected chi connectivity index (χ2v) is 7.25. The molecule has 4 aromatic rings. The molecule has 34 heavy (non-hydrogen) atoms. The molecule has 0 radical (unpaired) electrons. The van der Waals surface area contributed by atoms with Crippen LogP contribution in [-0.2, 0) is 16.1 Å². The van der Waals surface area contributed by atoms with E-state index in [-0.39, 0.29) is 24.7 Å². The van der Waals surface area contributed by atoms with E-state index in [1.807, 2.05) is 0 Å². The molecule has 1 N–H and O–H groups in total. The molecule has 4 rings (SSSR count). The number of anilines is 1. The van der Waals surface area contributed by atoms with Crippen LogP contribution >= 0.6 is 0 Å². The number of nitrogens with one attached hydrogen (secondary N) is 1. The van der Waals surface area contributed by atoms with Crippen LogP contribution in [0, 0.1) is 6.92 Å². The van der Waals surface area contributed by atoms with Gasteiger partial charge in [-0.15, -0.1) is 4.57 Å². The van der Waals surface area contributed by atoms with Gasteiger partial charge in [-0.05, 0) is 55.5 Å². The monoisotopic (exact) mass is 463 g/mol. The van der Waals surface area contributed by atoms with E-state index < -0.39 is 11.5 Å². The normalized spacial score (nSPS) is 10.6. The highest BCUT2D eigenvalue weighted by atomic mass is 16.5. The lowest BCUT2D eigenvalue weighted by Gasteiger charge is -2.09. The summed E-state index contributed by atoms with van der Waals surface area (Å²) in [7, 11) is 1.57. The van der Waals surface area contributed by atoms with Gasteiger partial charge in [-0.3, -0.25) is 9.59 Å². The van der Waals surface area contributed by atoms with Crippen molar-refractivity contribution in [3.63, 3.8) is 0 Å². The molecule has 0 saturated carbocycles. The maximum atomic E-state index is 12.3. The van der Waals surface area contributed by atoms with Crippen LogP contribution < -0.4 is 20.3 Å². The fourth-order valence-electron chi connectivity index (χ4n) is 3.08. The van der Waals surface area contributed by atoms with Crippen molar-refractivity contribution in [2.75, 3.05) is 19.0 Å². The van der Waals surface area contributed by atoms with Crippen LogP contribution in [0.1, 0.15) is 21.8 Å². The number of carbonyl (C=O) groups excluding carboxylic acids is 2. The Kier molecular flexibility index (Phi) is 6.58. The Bertz CT molecular complexity index is 1370. The number of esters is 1. The summed E-state index contributed by atoms with van der Waals surface area (Å²) in [5.41, 5.74) is 1.02. The Morgan fingerprint density at radius 3 is 2.44 bits per heavy atom. The highest BCUT2D eigenvalue weighted by Gasteiger charge is 2.12. The van der Waals surface area contributed by atoms with Crippen molar-refractivity contribution < 1.29 is 28.3 Å². The molecule has 2 aromatic carbocycles. The number of fused-ring (bicyclic) bond motifs is 1. The van der Waals surface area contributed by atoms with E-state index in [2.05, 4.69) is 10.3 Å². The van der Waals surface area contributed by atoms with Gasteiger partial charge in [0, 0.05) is 17.8 Å². The van der Waals surface area contributed by atoms with Crippen molar-refractivity contribution in [3.05, 3.63) is 88.0 Å². The number of aryl methyl sites for hydroxylation is 1. The topological polar surface area (TPSA) is 121 Å². The van der Waals surface area contributed by atoms with Crippen molar-refractivity contribution in [1.82, 2.24) is 9.56 Å². The Labute approximate surface area is 193 Å². The first kappa shape index (κ1) is 22.6. The Morgan fingerprint density at radius 1 is 1.03 bits per heavy atom. The minimum Gasteiger partial charge on any atom is -0.497 e. The molecule has 2 aromatic heterocycles. The number of benzene rings is 2. The minimum atomic E-state index is -0.592. The molecule has 0 spiro atoms. The standard InChI is InChI=1S/C24H21N3O7/c1-15-11-21-25-18(12-23(29)27(21)34-15)13-33-24(30)16-3-5-17(6-4-16)26-22(28)14-32-20-9-7-19(31-2)8-10-20/h3-12H,13-14H2,1-2H3,(H,26,28). The number of rotatable bonds is 8. The SMILES string of the molecule is COc1ccc(OCC(=O)Nc2ccc(C(=O)OCc3cc(=O)n4oc(C)cc4n3)cc2)cc1. The number of amides is 1. The van der Waals surface area contributed by atoms with E-state index in [4.69, 9.17) is 18.7 Å². The first-order valence-corrected chi connectivity index (χ1v) is 10.2. The number of hydrogen-bond acceptors (Lipinski definition) is 8. The first-order valence-electron chi connectivity index (χ1n) is 10.2. The quantitative estimate of drug-likeness (QED) is 0.396. The molecule has 0 atom stereocenters. The average Bonchev–Trinajstić information content (AvgIpc) is 3.23.